The van der Waals surface area contributed by atoms with Crippen LogP contribution in [0.25, 0.3) is 22.8 Å². The summed E-state index contributed by atoms with van der Waals surface area (Å²) in [7, 11) is 3.14. The lowest BCUT2D eigenvalue weighted by atomic mass is 10.2. The van der Waals surface area contributed by atoms with Crippen LogP contribution in [0.4, 0.5) is 5.69 Å². The monoisotopic (exact) mass is 391 g/mol. The quantitative estimate of drug-likeness (QED) is 0.524. The summed E-state index contributed by atoms with van der Waals surface area (Å²) in [5.74, 6) is 1.89. The molecule has 146 valence electrons. The third kappa shape index (κ3) is 3.81. The summed E-state index contributed by atoms with van der Waals surface area (Å²) in [6.07, 6.45) is 1.45. The minimum absolute atomic E-state index is 0.242. The van der Waals surface area contributed by atoms with Gasteiger partial charge < -0.3 is 23.7 Å². The highest BCUT2D eigenvalue weighted by Crippen LogP contribution is 2.32. The molecule has 0 spiro atoms. The van der Waals surface area contributed by atoms with Crippen LogP contribution in [0, 0.1) is 0 Å². The minimum atomic E-state index is -0.321. The first-order chi connectivity index (χ1) is 14.2. The lowest BCUT2D eigenvalue weighted by Crippen LogP contribution is -2.10. The summed E-state index contributed by atoms with van der Waals surface area (Å²) in [4.78, 5) is 16.5. The van der Waals surface area contributed by atoms with E-state index in [1.54, 1.807) is 62.8 Å². The fraction of sp³-hybridized carbons (Fsp3) is 0.0952. The van der Waals surface area contributed by atoms with Crippen LogP contribution in [0.3, 0.4) is 0 Å². The van der Waals surface area contributed by atoms with E-state index in [2.05, 4.69) is 15.5 Å². The first kappa shape index (κ1) is 18.3. The average molecular weight is 391 g/mol. The van der Waals surface area contributed by atoms with Crippen LogP contribution in [-0.2, 0) is 0 Å². The van der Waals surface area contributed by atoms with Gasteiger partial charge in [-0.05, 0) is 54.6 Å². The highest BCUT2D eigenvalue weighted by Gasteiger charge is 2.14. The third-order valence-electron chi connectivity index (χ3n) is 4.20. The van der Waals surface area contributed by atoms with Crippen molar-refractivity contribution in [1.29, 1.82) is 0 Å². The molecule has 0 saturated heterocycles. The summed E-state index contributed by atoms with van der Waals surface area (Å²) < 4.78 is 21.0. The molecule has 0 radical (unpaired) electrons. The number of nitrogens with one attached hydrogen (secondary N) is 1. The lowest BCUT2D eigenvalue weighted by molar-refractivity contribution is 0.0996. The first-order valence-electron chi connectivity index (χ1n) is 8.69. The van der Waals surface area contributed by atoms with Gasteiger partial charge >= 0.3 is 0 Å². The Labute approximate surface area is 166 Å². The molecule has 1 amide bonds. The second-order valence-electron chi connectivity index (χ2n) is 6.00. The van der Waals surface area contributed by atoms with E-state index in [1.165, 1.54) is 6.26 Å². The van der Waals surface area contributed by atoms with Crippen molar-refractivity contribution in [3.05, 3.63) is 66.6 Å². The average Bonchev–Trinajstić information content (AvgIpc) is 3.46. The molecule has 29 heavy (non-hydrogen) atoms. The molecule has 0 bridgehead atoms. The molecule has 8 heteroatoms. The van der Waals surface area contributed by atoms with Gasteiger partial charge in [0.15, 0.2) is 17.3 Å². The predicted octanol–water partition coefficient (Wildman–Crippen LogP) is 4.27. The fourth-order valence-corrected chi connectivity index (χ4v) is 2.73. The molecule has 4 aromatic rings. The van der Waals surface area contributed by atoms with Crippen molar-refractivity contribution < 1.29 is 23.2 Å². The molecule has 2 heterocycles. The van der Waals surface area contributed by atoms with E-state index in [1.807, 2.05) is 6.07 Å². The number of carbonyl (C=O) groups is 1. The van der Waals surface area contributed by atoms with Crippen molar-refractivity contribution in [1.82, 2.24) is 10.1 Å². The number of aromatic nitrogens is 2. The normalized spacial score (nSPS) is 10.6. The SMILES string of the molecule is COc1ccc(-c2nc(-c3ccc(NC(=O)c4ccco4)cc3)no2)cc1OC. The van der Waals surface area contributed by atoms with Crippen molar-refractivity contribution in [2.75, 3.05) is 19.5 Å². The molecule has 2 aromatic carbocycles. The van der Waals surface area contributed by atoms with Crippen LogP contribution in [-0.4, -0.2) is 30.3 Å². The molecule has 1 N–H and O–H groups in total. The van der Waals surface area contributed by atoms with Crippen LogP contribution in [0.2, 0.25) is 0 Å². The Hall–Kier alpha value is -4.07. The summed E-state index contributed by atoms with van der Waals surface area (Å²) in [6.45, 7) is 0. The van der Waals surface area contributed by atoms with E-state index in [-0.39, 0.29) is 11.7 Å². The van der Waals surface area contributed by atoms with Crippen LogP contribution < -0.4 is 14.8 Å². The van der Waals surface area contributed by atoms with Crippen LogP contribution in [0.15, 0.2) is 69.8 Å². The van der Waals surface area contributed by atoms with Gasteiger partial charge in [-0.3, -0.25) is 4.79 Å². The number of hydrogen-bond acceptors (Lipinski definition) is 7. The zero-order valence-electron chi connectivity index (χ0n) is 15.7. The van der Waals surface area contributed by atoms with Crippen LogP contribution in [0.1, 0.15) is 10.6 Å². The molecule has 0 fully saturated rings. The summed E-state index contributed by atoms with van der Waals surface area (Å²) in [5, 5.41) is 6.79. The summed E-state index contributed by atoms with van der Waals surface area (Å²) >= 11 is 0. The maximum atomic E-state index is 12.0. The number of furan rings is 1. The zero-order valence-corrected chi connectivity index (χ0v) is 15.7. The molecule has 2 aromatic heterocycles. The van der Waals surface area contributed by atoms with Gasteiger partial charge in [0, 0.05) is 16.8 Å². The molecule has 0 saturated carbocycles. The molecule has 0 atom stereocenters. The van der Waals surface area contributed by atoms with E-state index >= 15 is 0 Å². The number of ether oxygens (including phenoxy) is 2. The maximum absolute atomic E-state index is 12.0. The molecule has 0 aliphatic carbocycles. The largest absolute Gasteiger partial charge is 0.493 e. The van der Waals surface area contributed by atoms with Crippen molar-refractivity contribution >= 4 is 11.6 Å². The van der Waals surface area contributed by atoms with Gasteiger partial charge in [-0.1, -0.05) is 5.16 Å². The van der Waals surface area contributed by atoms with Gasteiger partial charge in [-0.2, -0.15) is 4.98 Å². The van der Waals surface area contributed by atoms with Gasteiger partial charge in [-0.25, -0.2) is 0 Å². The van der Waals surface area contributed by atoms with E-state index in [0.29, 0.717) is 34.5 Å². The molecule has 4 rings (SSSR count). The molecular formula is C21H17N3O5. The number of anilines is 1. The molecule has 0 aliphatic heterocycles. The Morgan fingerprint density at radius 2 is 1.72 bits per heavy atom. The molecule has 8 nitrogen and oxygen atoms in total. The Kier molecular flexibility index (Phi) is 4.98. The van der Waals surface area contributed by atoms with Gasteiger partial charge in [0.1, 0.15) is 0 Å². The van der Waals surface area contributed by atoms with Gasteiger partial charge in [-0.15, -0.1) is 0 Å². The Morgan fingerprint density at radius 3 is 2.41 bits per heavy atom. The standard InChI is InChI=1S/C21H17N3O5/c1-26-16-10-7-14(12-18(16)27-2)21-23-19(24-29-21)13-5-8-15(9-6-13)22-20(25)17-4-3-11-28-17/h3-12H,1-2H3,(H,22,25). The van der Waals surface area contributed by atoms with E-state index in [4.69, 9.17) is 18.4 Å². The van der Waals surface area contributed by atoms with Crippen molar-refractivity contribution in [2.45, 2.75) is 0 Å². The predicted molar refractivity (Wildman–Crippen MR) is 105 cm³/mol. The number of benzene rings is 2. The topological polar surface area (TPSA) is 99.6 Å². The maximum Gasteiger partial charge on any atom is 0.291 e. The van der Waals surface area contributed by atoms with E-state index in [9.17, 15) is 4.79 Å². The van der Waals surface area contributed by atoms with E-state index in [0.717, 1.165) is 5.56 Å². The number of amides is 1. The highest BCUT2D eigenvalue weighted by molar-refractivity contribution is 6.02. The number of methoxy groups -OCH3 is 2. The number of carbonyl (C=O) groups excluding carboxylic acids is 1. The smallest absolute Gasteiger partial charge is 0.291 e. The van der Waals surface area contributed by atoms with Crippen molar-refractivity contribution in [3.63, 3.8) is 0 Å². The summed E-state index contributed by atoms with van der Waals surface area (Å²) in [6, 6.07) is 15.7. The van der Waals surface area contributed by atoms with E-state index < -0.39 is 0 Å². The third-order valence-corrected chi connectivity index (χ3v) is 4.20. The lowest BCUT2D eigenvalue weighted by Gasteiger charge is -2.07. The molecular weight excluding hydrogens is 374 g/mol. The first-order valence-corrected chi connectivity index (χ1v) is 8.69. The fourth-order valence-electron chi connectivity index (χ4n) is 2.73. The number of nitrogens with zero attached hydrogens (tertiary/aromatic N) is 2. The minimum Gasteiger partial charge on any atom is -0.493 e. The number of rotatable bonds is 6. The van der Waals surface area contributed by atoms with Gasteiger partial charge in [0.05, 0.1) is 20.5 Å². The van der Waals surface area contributed by atoms with Gasteiger partial charge in [0.2, 0.25) is 5.82 Å². The van der Waals surface area contributed by atoms with Crippen LogP contribution >= 0.6 is 0 Å². The second kappa shape index (κ2) is 7.89. The molecule has 0 unspecified atom stereocenters. The Bertz CT molecular complexity index is 1120. The summed E-state index contributed by atoms with van der Waals surface area (Å²) in [5.41, 5.74) is 2.08. The zero-order chi connectivity index (χ0) is 20.2. The van der Waals surface area contributed by atoms with Crippen molar-refractivity contribution in [2.24, 2.45) is 0 Å². The second-order valence-corrected chi connectivity index (χ2v) is 6.00. The molecule has 0 aliphatic rings. The Morgan fingerprint density at radius 1 is 0.966 bits per heavy atom. The van der Waals surface area contributed by atoms with Crippen LogP contribution in [0.5, 0.6) is 11.5 Å². The van der Waals surface area contributed by atoms with Crippen molar-refractivity contribution in [3.8, 4) is 34.3 Å². The Balaban J connectivity index is 1.51. The highest BCUT2D eigenvalue weighted by atomic mass is 16.5. The number of hydrogen-bond donors (Lipinski definition) is 1. The van der Waals surface area contributed by atoms with Gasteiger partial charge in [0.25, 0.3) is 11.8 Å².